The first-order valence-corrected chi connectivity index (χ1v) is 9.69. The summed E-state index contributed by atoms with van der Waals surface area (Å²) in [5.41, 5.74) is 4.48. The number of amides is 1. The van der Waals surface area contributed by atoms with Crippen LogP contribution in [0.25, 0.3) is 6.08 Å². The molecule has 162 valence electrons. The fraction of sp³-hybridized carbons (Fsp3) is 0.0800. The second-order valence-electron chi connectivity index (χ2n) is 6.50. The Morgan fingerprint density at radius 3 is 2.22 bits per heavy atom. The third-order valence-electron chi connectivity index (χ3n) is 4.33. The van der Waals surface area contributed by atoms with E-state index in [9.17, 15) is 9.59 Å². The molecule has 3 rings (SSSR count). The molecule has 7 heteroatoms. The van der Waals surface area contributed by atoms with Gasteiger partial charge in [0.05, 0.1) is 20.4 Å². The highest BCUT2D eigenvalue weighted by Crippen LogP contribution is 2.28. The van der Waals surface area contributed by atoms with E-state index in [-0.39, 0.29) is 5.91 Å². The number of hydrazone groups is 1. The lowest BCUT2D eigenvalue weighted by atomic mass is 10.2. The number of benzene rings is 3. The van der Waals surface area contributed by atoms with Gasteiger partial charge in [0.25, 0.3) is 5.91 Å². The molecule has 1 N–H and O–H groups in total. The lowest BCUT2D eigenvalue weighted by Gasteiger charge is -2.07. The van der Waals surface area contributed by atoms with Crippen molar-refractivity contribution in [1.82, 2.24) is 5.43 Å². The van der Waals surface area contributed by atoms with Crippen LogP contribution in [0.3, 0.4) is 0 Å². The number of hydrogen-bond donors (Lipinski definition) is 1. The molecule has 0 aromatic heterocycles. The molecule has 0 saturated heterocycles. The maximum absolute atomic E-state index is 12.1. The van der Waals surface area contributed by atoms with Crippen LogP contribution < -0.4 is 19.6 Å². The molecule has 0 spiro atoms. The van der Waals surface area contributed by atoms with Crippen LogP contribution in [-0.2, 0) is 4.79 Å². The van der Waals surface area contributed by atoms with E-state index in [4.69, 9.17) is 14.2 Å². The van der Waals surface area contributed by atoms with Gasteiger partial charge in [0.1, 0.15) is 5.75 Å². The molecule has 0 fully saturated rings. The van der Waals surface area contributed by atoms with Crippen molar-refractivity contribution in [2.45, 2.75) is 0 Å². The third kappa shape index (κ3) is 6.30. The summed E-state index contributed by atoms with van der Waals surface area (Å²) in [6.45, 7) is 0. The molecule has 0 radical (unpaired) electrons. The Kier molecular flexibility index (Phi) is 7.75. The monoisotopic (exact) mass is 430 g/mol. The van der Waals surface area contributed by atoms with E-state index in [2.05, 4.69) is 10.5 Å². The van der Waals surface area contributed by atoms with Crippen LogP contribution in [0.4, 0.5) is 0 Å². The number of carbonyl (C=O) groups is 2. The standard InChI is InChI=1S/C25H22N2O5/c1-30-22-14-10-18(16-23(22)31-2)11-15-24(28)32-21-12-8-19(9-13-21)17-26-27-25(29)20-6-4-3-5-7-20/h3-17H,1-2H3,(H,27,29). The van der Waals surface area contributed by atoms with E-state index < -0.39 is 5.97 Å². The molecule has 1 amide bonds. The van der Waals surface area contributed by atoms with Crippen molar-refractivity contribution in [3.05, 3.63) is 95.6 Å². The van der Waals surface area contributed by atoms with Gasteiger partial charge in [-0.1, -0.05) is 24.3 Å². The molecule has 0 aliphatic carbocycles. The lowest BCUT2D eigenvalue weighted by molar-refractivity contribution is -0.128. The predicted molar refractivity (Wildman–Crippen MR) is 122 cm³/mol. The topological polar surface area (TPSA) is 86.2 Å². The Hall–Kier alpha value is -4.39. The van der Waals surface area contributed by atoms with Gasteiger partial charge in [-0.3, -0.25) is 4.79 Å². The van der Waals surface area contributed by atoms with Gasteiger partial charge in [-0.15, -0.1) is 0 Å². The molecule has 3 aromatic rings. The Bertz CT molecular complexity index is 1120. The third-order valence-corrected chi connectivity index (χ3v) is 4.33. The van der Waals surface area contributed by atoms with Gasteiger partial charge in [-0.2, -0.15) is 5.10 Å². The maximum Gasteiger partial charge on any atom is 0.336 e. The van der Waals surface area contributed by atoms with E-state index in [1.807, 2.05) is 6.07 Å². The lowest BCUT2D eigenvalue weighted by Crippen LogP contribution is -2.17. The summed E-state index contributed by atoms with van der Waals surface area (Å²) in [6, 6.07) is 20.8. The SMILES string of the molecule is COc1ccc(C=CC(=O)Oc2ccc(C=NNC(=O)c3ccccc3)cc2)cc1OC. The van der Waals surface area contributed by atoms with Crippen LogP contribution in [0.2, 0.25) is 0 Å². The second kappa shape index (κ2) is 11.1. The number of rotatable bonds is 8. The molecule has 0 heterocycles. The van der Waals surface area contributed by atoms with E-state index >= 15 is 0 Å². The van der Waals surface area contributed by atoms with Crippen LogP contribution in [0.1, 0.15) is 21.5 Å². The average Bonchev–Trinajstić information content (AvgIpc) is 2.84. The maximum atomic E-state index is 12.1. The Labute approximate surface area is 185 Å². The normalized spacial score (nSPS) is 10.8. The molecule has 0 atom stereocenters. The van der Waals surface area contributed by atoms with Gasteiger partial charge in [0.15, 0.2) is 11.5 Å². The Morgan fingerprint density at radius 1 is 0.844 bits per heavy atom. The van der Waals surface area contributed by atoms with E-state index in [1.165, 1.54) is 12.3 Å². The fourth-order valence-corrected chi connectivity index (χ4v) is 2.71. The number of hydrogen-bond acceptors (Lipinski definition) is 6. The number of nitrogens with zero attached hydrogens (tertiary/aromatic N) is 1. The van der Waals surface area contributed by atoms with Crippen LogP contribution in [0.5, 0.6) is 17.2 Å². The van der Waals surface area contributed by atoms with Gasteiger partial charge in [0, 0.05) is 11.6 Å². The number of nitrogens with one attached hydrogen (secondary N) is 1. The quantitative estimate of drug-likeness (QED) is 0.191. The highest BCUT2D eigenvalue weighted by atomic mass is 16.5. The van der Waals surface area contributed by atoms with E-state index in [1.54, 1.807) is 87.0 Å². The smallest absolute Gasteiger partial charge is 0.336 e. The molecular formula is C25H22N2O5. The zero-order chi connectivity index (χ0) is 22.8. The zero-order valence-corrected chi connectivity index (χ0v) is 17.6. The van der Waals surface area contributed by atoms with Crippen molar-refractivity contribution >= 4 is 24.2 Å². The zero-order valence-electron chi connectivity index (χ0n) is 17.6. The largest absolute Gasteiger partial charge is 0.493 e. The molecule has 7 nitrogen and oxygen atoms in total. The van der Waals surface area contributed by atoms with E-state index in [0.29, 0.717) is 22.8 Å². The average molecular weight is 430 g/mol. The van der Waals surface area contributed by atoms with Crippen LogP contribution in [0.15, 0.2) is 84.0 Å². The molecule has 32 heavy (non-hydrogen) atoms. The molecule has 0 aliphatic rings. The van der Waals surface area contributed by atoms with Crippen LogP contribution in [-0.4, -0.2) is 32.3 Å². The summed E-state index contributed by atoms with van der Waals surface area (Å²) in [5, 5.41) is 3.94. The summed E-state index contributed by atoms with van der Waals surface area (Å²) >= 11 is 0. The number of esters is 1. The summed E-state index contributed by atoms with van der Waals surface area (Å²) in [6.07, 6.45) is 4.46. The van der Waals surface area contributed by atoms with Crippen molar-refractivity contribution < 1.29 is 23.8 Å². The van der Waals surface area contributed by atoms with Gasteiger partial charge < -0.3 is 14.2 Å². The fourth-order valence-electron chi connectivity index (χ4n) is 2.71. The van der Waals surface area contributed by atoms with Gasteiger partial charge in [-0.25, -0.2) is 10.2 Å². The molecular weight excluding hydrogens is 408 g/mol. The van der Waals surface area contributed by atoms with Crippen molar-refractivity contribution in [3.8, 4) is 17.2 Å². The number of methoxy groups -OCH3 is 2. The van der Waals surface area contributed by atoms with Crippen LogP contribution in [0, 0.1) is 0 Å². The van der Waals surface area contributed by atoms with Crippen LogP contribution >= 0.6 is 0 Å². The van der Waals surface area contributed by atoms with E-state index in [0.717, 1.165) is 11.1 Å². The second-order valence-corrected chi connectivity index (χ2v) is 6.50. The van der Waals surface area contributed by atoms with Gasteiger partial charge in [-0.05, 0) is 65.7 Å². The Morgan fingerprint density at radius 2 is 1.53 bits per heavy atom. The molecule has 0 aliphatic heterocycles. The highest BCUT2D eigenvalue weighted by molar-refractivity contribution is 5.94. The first kappa shape index (κ1) is 22.3. The number of ether oxygens (including phenoxy) is 3. The van der Waals surface area contributed by atoms with Crippen molar-refractivity contribution in [3.63, 3.8) is 0 Å². The minimum absolute atomic E-state index is 0.298. The first-order valence-electron chi connectivity index (χ1n) is 9.69. The number of carbonyl (C=O) groups excluding carboxylic acids is 2. The summed E-state index contributed by atoms with van der Waals surface area (Å²) in [4.78, 5) is 24.0. The van der Waals surface area contributed by atoms with Crippen molar-refractivity contribution in [2.24, 2.45) is 5.10 Å². The van der Waals surface area contributed by atoms with Crippen molar-refractivity contribution in [1.29, 1.82) is 0 Å². The van der Waals surface area contributed by atoms with Crippen molar-refractivity contribution in [2.75, 3.05) is 14.2 Å². The first-order chi connectivity index (χ1) is 15.6. The Balaban J connectivity index is 1.53. The highest BCUT2D eigenvalue weighted by Gasteiger charge is 2.05. The summed E-state index contributed by atoms with van der Waals surface area (Å²) in [7, 11) is 3.10. The molecule has 0 unspecified atom stereocenters. The minimum atomic E-state index is -0.517. The van der Waals surface area contributed by atoms with Gasteiger partial charge >= 0.3 is 5.97 Å². The summed E-state index contributed by atoms with van der Waals surface area (Å²) < 4.78 is 15.7. The predicted octanol–water partition coefficient (Wildman–Crippen LogP) is 4.09. The molecule has 0 saturated carbocycles. The minimum Gasteiger partial charge on any atom is -0.493 e. The summed E-state index contributed by atoms with van der Waals surface area (Å²) in [5.74, 6) is 0.748. The molecule has 3 aromatic carbocycles. The molecule has 0 bridgehead atoms. The van der Waals surface area contributed by atoms with Gasteiger partial charge in [0.2, 0.25) is 0 Å².